The molecule has 0 saturated heterocycles. The molecule has 2 rings (SSSR count). The highest BCUT2D eigenvalue weighted by atomic mass is 16.5. The van der Waals surface area contributed by atoms with Gasteiger partial charge in [0, 0.05) is 0 Å². The van der Waals surface area contributed by atoms with Gasteiger partial charge >= 0.3 is 5.97 Å². The van der Waals surface area contributed by atoms with Gasteiger partial charge in [0.25, 0.3) is 0 Å². The van der Waals surface area contributed by atoms with Gasteiger partial charge in [-0.2, -0.15) is 10.2 Å². The minimum Gasteiger partial charge on any atom is -0.494 e. The maximum absolute atomic E-state index is 11.9. The van der Waals surface area contributed by atoms with Crippen molar-refractivity contribution in [2.24, 2.45) is 15.6 Å². The van der Waals surface area contributed by atoms with Crippen LogP contribution in [0.15, 0.2) is 58.8 Å². The number of hydrogen-bond donors (Lipinski definition) is 0. The molecule has 186 valence electrons. The first-order chi connectivity index (χ1) is 16.4. The van der Waals surface area contributed by atoms with E-state index < -0.39 is 0 Å². The van der Waals surface area contributed by atoms with E-state index in [1.807, 2.05) is 57.2 Å². The largest absolute Gasteiger partial charge is 0.494 e. The van der Waals surface area contributed by atoms with Gasteiger partial charge in [-0.15, -0.1) is 0 Å². The monoisotopic (exact) mass is 466 g/mol. The molecule has 0 aliphatic heterocycles. The lowest BCUT2D eigenvalue weighted by molar-refractivity contribution is -0.154. The number of unbranched alkanes of at least 4 members (excludes halogenated alkanes) is 5. The third-order valence-electron chi connectivity index (χ3n) is 6.10. The van der Waals surface area contributed by atoms with E-state index in [1.54, 1.807) is 0 Å². The average molecular weight is 467 g/mol. The van der Waals surface area contributed by atoms with Crippen molar-refractivity contribution in [1.82, 2.24) is 0 Å². The maximum atomic E-state index is 11.9. The molecule has 2 aromatic rings. The van der Waals surface area contributed by atoms with Crippen LogP contribution in [-0.2, 0) is 16.0 Å². The fourth-order valence-corrected chi connectivity index (χ4v) is 3.29. The highest BCUT2D eigenvalue weighted by Gasteiger charge is 2.26. The molecule has 5 heteroatoms. The molecular formula is C29H42N2O3. The summed E-state index contributed by atoms with van der Waals surface area (Å²) in [7, 11) is 0. The van der Waals surface area contributed by atoms with Crippen molar-refractivity contribution in [2.75, 3.05) is 13.2 Å². The molecule has 0 N–H and O–H groups in total. The number of ether oxygens (including phenoxy) is 2. The van der Waals surface area contributed by atoms with Crippen LogP contribution in [0.5, 0.6) is 5.75 Å². The zero-order valence-electron chi connectivity index (χ0n) is 21.5. The van der Waals surface area contributed by atoms with E-state index >= 15 is 0 Å². The zero-order chi connectivity index (χ0) is 24.7. The minimum atomic E-state index is -0.385. The second kappa shape index (κ2) is 15.3. The molecule has 2 aromatic carbocycles. The maximum Gasteiger partial charge on any atom is 0.311 e. The number of esters is 1. The molecule has 0 saturated carbocycles. The van der Waals surface area contributed by atoms with Crippen molar-refractivity contribution in [2.45, 2.75) is 85.5 Å². The molecule has 0 aliphatic carbocycles. The van der Waals surface area contributed by atoms with Gasteiger partial charge in [-0.25, -0.2) is 0 Å². The first-order valence-electron chi connectivity index (χ1n) is 12.9. The van der Waals surface area contributed by atoms with Gasteiger partial charge in [0.2, 0.25) is 0 Å². The number of rotatable bonds is 16. The minimum absolute atomic E-state index is 0.1000. The second-order valence-electron chi connectivity index (χ2n) is 9.45. The summed E-state index contributed by atoms with van der Waals surface area (Å²) in [4.78, 5) is 11.9. The third-order valence-corrected chi connectivity index (χ3v) is 6.10. The van der Waals surface area contributed by atoms with E-state index in [9.17, 15) is 4.79 Å². The number of aryl methyl sites for hydroxylation is 1. The zero-order valence-corrected chi connectivity index (χ0v) is 21.5. The summed E-state index contributed by atoms with van der Waals surface area (Å²) in [5.41, 5.74) is 2.64. The molecule has 5 nitrogen and oxygen atoms in total. The van der Waals surface area contributed by atoms with Gasteiger partial charge in [0.05, 0.1) is 30.0 Å². The molecule has 0 atom stereocenters. The Hall–Kier alpha value is -2.69. The number of carbonyl (C=O) groups excluding carboxylic acids is 1. The van der Waals surface area contributed by atoms with Crippen molar-refractivity contribution in [3.63, 3.8) is 0 Å². The number of nitrogens with zero attached hydrogens (tertiary/aromatic N) is 2. The Kier molecular flexibility index (Phi) is 12.4. The Bertz CT molecular complexity index is 858. The summed E-state index contributed by atoms with van der Waals surface area (Å²) >= 11 is 0. The number of carbonyl (C=O) groups is 1. The lowest BCUT2D eigenvalue weighted by atomic mass is 9.91. The summed E-state index contributed by atoms with van der Waals surface area (Å²) in [5, 5.41) is 8.66. The van der Waals surface area contributed by atoms with Gasteiger partial charge in [0.1, 0.15) is 5.75 Å². The highest BCUT2D eigenvalue weighted by molar-refractivity contribution is 5.75. The van der Waals surface area contributed by atoms with Gasteiger partial charge < -0.3 is 9.47 Å². The summed E-state index contributed by atoms with van der Waals surface area (Å²) in [6, 6.07) is 16.0. The van der Waals surface area contributed by atoms with Gasteiger partial charge in [-0.3, -0.25) is 4.79 Å². The molecule has 0 spiro atoms. The third kappa shape index (κ3) is 10.5. The van der Waals surface area contributed by atoms with Crippen LogP contribution in [0.25, 0.3) is 0 Å². The summed E-state index contributed by atoms with van der Waals surface area (Å²) in [6.07, 6.45) is 9.63. The van der Waals surface area contributed by atoms with Crippen molar-refractivity contribution < 1.29 is 14.3 Å². The summed E-state index contributed by atoms with van der Waals surface area (Å²) in [6.45, 7) is 9.26. The number of hydrogen-bond acceptors (Lipinski definition) is 5. The van der Waals surface area contributed by atoms with E-state index in [0.717, 1.165) is 55.6 Å². The molecule has 0 amide bonds. The molecule has 0 fully saturated rings. The molecule has 0 aliphatic rings. The van der Waals surface area contributed by atoms with Gasteiger partial charge in [-0.1, -0.05) is 38.8 Å². The van der Waals surface area contributed by atoms with Gasteiger partial charge in [0.15, 0.2) is 0 Å². The Morgan fingerprint density at radius 1 is 0.765 bits per heavy atom. The number of benzene rings is 2. The molecular weight excluding hydrogens is 424 g/mol. The van der Waals surface area contributed by atoms with Crippen LogP contribution in [0, 0.1) is 5.41 Å². The average Bonchev–Trinajstić information content (AvgIpc) is 2.85. The van der Waals surface area contributed by atoms with Crippen molar-refractivity contribution >= 4 is 17.3 Å². The Morgan fingerprint density at radius 3 is 1.94 bits per heavy atom. The molecule has 34 heavy (non-hydrogen) atoms. The van der Waals surface area contributed by atoms with Crippen LogP contribution in [0.1, 0.15) is 84.6 Å². The smallest absolute Gasteiger partial charge is 0.311 e. The predicted octanol–water partition coefficient (Wildman–Crippen LogP) is 8.75. The molecule has 0 heterocycles. The standard InChI is InChI=1S/C29H42N2O3/c1-5-7-10-13-24-14-16-25(17-15-24)30-31-26-18-20-27(21-19-26)33-22-11-8-9-12-23-34-28(32)29(3,4)6-2/h14-21H,5-13,22-23H2,1-4H3/b31-30+. The quantitative estimate of drug-likeness (QED) is 0.141. The van der Waals surface area contributed by atoms with E-state index in [4.69, 9.17) is 9.47 Å². The number of azo groups is 1. The first kappa shape index (κ1) is 27.6. The van der Waals surface area contributed by atoms with Crippen molar-refractivity contribution in [3.05, 3.63) is 54.1 Å². The second-order valence-corrected chi connectivity index (χ2v) is 9.45. The van der Waals surface area contributed by atoms with Crippen molar-refractivity contribution in [3.8, 4) is 5.75 Å². The Morgan fingerprint density at radius 2 is 1.35 bits per heavy atom. The van der Waals surface area contributed by atoms with E-state index in [2.05, 4.69) is 29.3 Å². The predicted molar refractivity (Wildman–Crippen MR) is 139 cm³/mol. The topological polar surface area (TPSA) is 60.3 Å². The van der Waals surface area contributed by atoms with Crippen LogP contribution in [0.2, 0.25) is 0 Å². The van der Waals surface area contributed by atoms with Crippen LogP contribution in [-0.4, -0.2) is 19.2 Å². The lowest BCUT2D eigenvalue weighted by Crippen LogP contribution is -2.26. The van der Waals surface area contributed by atoms with Crippen LogP contribution < -0.4 is 4.74 Å². The highest BCUT2D eigenvalue weighted by Crippen LogP contribution is 2.23. The lowest BCUT2D eigenvalue weighted by Gasteiger charge is -2.20. The molecule has 0 aromatic heterocycles. The fourth-order valence-electron chi connectivity index (χ4n) is 3.29. The van der Waals surface area contributed by atoms with Crippen LogP contribution in [0.3, 0.4) is 0 Å². The van der Waals surface area contributed by atoms with Gasteiger partial charge in [-0.05, 0) is 101 Å². The Balaban J connectivity index is 1.60. The summed E-state index contributed by atoms with van der Waals surface area (Å²) in [5.74, 6) is 0.739. The van der Waals surface area contributed by atoms with E-state index in [1.165, 1.54) is 24.8 Å². The molecule has 0 bridgehead atoms. The molecule has 0 radical (unpaired) electrons. The van der Waals surface area contributed by atoms with Crippen molar-refractivity contribution in [1.29, 1.82) is 0 Å². The molecule has 0 unspecified atom stereocenters. The van der Waals surface area contributed by atoms with Crippen LogP contribution in [0.4, 0.5) is 11.4 Å². The van der Waals surface area contributed by atoms with Crippen LogP contribution >= 0.6 is 0 Å². The fraction of sp³-hybridized carbons (Fsp3) is 0.552. The Labute approximate surface area is 206 Å². The normalized spacial score (nSPS) is 11.6. The summed E-state index contributed by atoms with van der Waals surface area (Å²) < 4.78 is 11.2. The van der Waals surface area contributed by atoms with E-state index in [-0.39, 0.29) is 11.4 Å². The first-order valence-corrected chi connectivity index (χ1v) is 12.9. The SMILES string of the molecule is CCCCCc1ccc(/N=N/c2ccc(OCCCCCCOC(=O)C(C)(C)CC)cc2)cc1. The van der Waals surface area contributed by atoms with E-state index in [0.29, 0.717) is 13.2 Å².